The van der Waals surface area contributed by atoms with E-state index in [0.29, 0.717) is 6.42 Å². The Bertz CT molecular complexity index is 688. The number of ether oxygens (including phenoxy) is 1. The molecule has 2 rings (SSSR count). The van der Waals surface area contributed by atoms with Gasteiger partial charge in [-0.05, 0) is 30.5 Å². The minimum absolute atomic E-state index is 0.192. The Morgan fingerprint density at radius 2 is 1.77 bits per heavy atom. The van der Waals surface area contributed by atoms with Crippen LogP contribution < -0.4 is 0 Å². The first kappa shape index (κ1) is 15.8. The highest BCUT2D eigenvalue weighted by molar-refractivity contribution is 5.80. The Labute approximate surface area is 131 Å². The third-order valence-corrected chi connectivity index (χ3v) is 3.72. The standard InChI is InChI=1S/C19H19NO2/c1-15-8-6-7-11-17(15)13-22-18(21)19(2,14-20)12-16-9-4-3-5-10-16/h3-11H,12-13H2,1-2H3. The van der Waals surface area contributed by atoms with Gasteiger partial charge < -0.3 is 4.74 Å². The predicted molar refractivity (Wildman–Crippen MR) is 84.8 cm³/mol. The van der Waals surface area contributed by atoms with Crippen LogP contribution in [0.2, 0.25) is 0 Å². The minimum atomic E-state index is -1.18. The summed E-state index contributed by atoms with van der Waals surface area (Å²) in [5.74, 6) is -0.484. The van der Waals surface area contributed by atoms with Gasteiger partial charge in [0, 0.05) is 6.42 Å². The first-order valence-corrected chi connectivity index (χ1v) is 7.22. The topological polar surface area (TPSA) is 50.1 Å². The third kappa shape index (κ3) is 3.73. The van der Waals surface area contributed by atoms with Crippen molar-refractivity contribution < 1.29 is 9.53 Å². The normalized spacial score (nSPS) is 13.0. The van der Waals surface area contributed by atoms with Gasteiger partial charge in [0.15, 0.2) is 5.41 Å². The van der Waals surface area contributed by atoms with Crippen molar-refractivity contribution in [3.8, 4) is 6.07 Å². The van der Waals surface area contributed by atoms with Crippen LogP contribution in [0.4, 0.5) is 0 Å². The predicted octanol–water partition coefficient (Wildman–Crippen LogP) is 3.81. The molecule has 0 saturated carbocycles. The van der Waals surface area contributed by atoms with E-state index in [2.05, 4.69) is 6.07 Å². The van der Waals surface area contributed by atoms with E-state index >= 15 is 0 Å². The van der Waals surface area contributed by atoms with Gasteiger partial charge in [-0.1, -0.05) is 54.6 Å². The van der Waals surface area contributed by atoms with Crippen LogP contribution in [-0.4, -0.2) is 5.97 Å². The van der Waals surface area contributed by atoms with Gasteiger partial charge in [0.05, 0.1) is 6.07 Å². The molecule has 0 aliphatic heterocycles. The maximum Gasteiger partial charge on any atom is 0.326 e. The fraction of sp³-hybridized carbons (Fsp3) is 0.263. The molecular formula is C19H19NO2. The molecule has 0 aliphatic rings. The number of nitriles is 1. The monoisotopic (exact) mass is 293 g/mol. The fourth-order valence-corrected chi connectivity index (χ4v) is 2.24. The van der Waals surface area contributed by atoms with Crippen molar-refractivity contribution >= 4 is 5.97 Å². The van der Waals surface area contributed by atoms with Crippen molar-refractivity contribution in [2.75, 3.05) is 0 Å². The van der Waals surface area contributed by atoms with E-state index < -0.39 is 11.4 Å². The van der Waals surface area contributed by atoms with Gasteiger partial charge in [0.1, 0.15) is 6.61 Å². The van der Waals surface area contributed by atoms with Crippen molar-refractivity contribution in [2.24, 2.45) is 5.41 Å². The molecule has 2 aromatic carbocycles. The van der Waals surface area contributed by atoms with Crippen molar-refractivity contribution in [3.05, 3.63) is 71.3 Å². The Morgan fingerprint density at radius 1 is 1.14 bits per heavy atom. The Balaban J connectivity index is 2.06. The zero-order chi connectivity index (χ0) is 16.0. The number of carbonyl (C=O) groups excluding carboxylic acids is 1. The van der Waals surface area contributed by atoms with Gasteiger partial charge in [-0.3, -0.25) is 4.79 Å². The molecule has 1 atom stereocenters. The average molecular weight is 293 g/mol. The Kier molecular flexibility index (Phi) is 4.95. The lowest BCUT2D eigenvalue weighted by Gasteiger charge is -2.20. The molecule has 0 aliphatic carbocycles. The number of nitrogens with zero attached hydrogens (tertiary/aromatic N) is 1. The molecule has 0 amide bonds. The summed E-state index contributed by atoms with van der Waals surface area (Å²) in [4.78, 5) is 12.3. The molecule has 22 heavy (non-hydrogen) atoms. The fourth-order valence-electron chi connectivity index (χ4n) is 2.24. The van der Waals surface area contributed by atoms with Crippen molar-refractivity contribution in [1.29, 1.82) is 5.26 Å². The number of rotatable bonds is 5. The number of benzene rings is 2. The van der Waals surface area contributed by atoms with Gasteiger partial charge in [0.2, 0.25) is 0 Å². The smallest absolute Gasteiger partial charge is 0.326 e. The Hall–Kier alpha value is -2.60. The van der Waals surface area contributed by atoms with Crippen LogP contribution in [0.5, 0.6) is 0 Å². The van der Waals surface area contributed by atoms with Crippen molar-refractivity contribution in [2.45, 2.75) is 26.9 Å². The lowest BCUT2D eigenvalue weighted by molar-refractivity contribution is -0.153. The van der Waals surface area contributed by atoms with Crippen LogP contribution in [0.1, 0.15) is 23.6 Å². The summed E-state index contributed by atoms with van der Waals surface area (Å²) in [6, 6.07) is 19.3. The second-order valence-corrected chi connectivity index (χ2v) is 5.61. The summed E-state index contributed by atoms with van der Waals surface area (Å²) >= 11 is 0. The third-order valence-electron chi connectivity index (χ3n) is 3.72. The minimum Gasteiger partial charge on any atom is -0.460 e. The second kappa shape index (κ2) is 6.91. The first-order valence-electron chi connectivity index (χ1n) is 7.22. The van der Waals surface area contributed by atoms with Gasteiger partial charge in [-0.25, -0.2) is 0 Å². The highest BCUT2D eigenvalue weighted by Gasteiger charge is 2.35. The maximum atomic E-state index is 12.3. The maximum absolute atomic E-state index is 12.3. The van der Waals surface area contributed by atoms with E-state index in [9.17, 15) is 10.1 Å². The Morgan fingerprint density at radius 3 is 2.41 bits per heavy atom. The average Bonchev–Trinajstić information content (AvgIpc) is 2.54. The lowest BCUT2D eigenvalue weighted by Crippen LogP contribution is -2.30. The number of hydrogen-bond acceptors (Lipinski definition) is 3. The van der Waals surface area contributed by atoms with Crippen molar-refractivity contribution in [1.82, 2.24) is 0 Å². The lowest BCUT2D eigenvalue weighted by atomic mass is 9.85. The molecule has 0 aromatic heterocycles. The van der Waals surface area contributed by atoms with Crippen LogP contribution >= 0.6 is 0 Å². The van der Waals surface area contributed by atoms with Crippen LogP contribution in [0.15, 0.2) is 54.6 Å². The quantitative estimate of drug-likeness (QED) is 0.788. The molecule has 0 N–H and O–H groups in total. The van der Waals surface area contributed by atoms with E-state index in [1.807, 2.05) is 61.5 Å². The molecular weight excluding hydrogens is 274 g/mol. The molecule has 1 unspecified atom stereocenters. The summed E-state index contributed by atoms with van der Waals surface area (Å²) in [5.41, 5.74) is 1.79. The molecule has 112 valence electrons. The molecule has 0 bridgehead atoms. The summed E-state index contributed by atoms with van der Waals surface area (Å²) in [6.07, 6.45) is 0.344. The van der Waals surface area contributed by atoms with Gasteiger partial charge in [-0.2, -0.15) is 5.26 Å². The summed E-state index contributed by atoms with van der Waals surface area (Å²) < 4.78 is 5.38. The van der Waals surface area contributed by atoms with Gasteiger partial charge in [0.25, 0.3) is 0 Å². The van der Waals surface area contributed by atoms with Gasteiger partial charge >= 0.3 is 5.97 Å². The molecule has 2 aromatic rings. The number of carbonyl (C=O) groups is 1. The molecule has 0 fully saturated rings. The van der Waals surface area contributed by atoms with Crippen LogP contribution in [0, 0.1) is 23.7 Å². The molecule has 0 spiro atoms. The van der Waals surface area contributed by atoms with Crippen molar-refractivity contribution in [3.63, 3.8) is 0 Å². The molecule has 0 heterocycles. The zero-order valence-electron chi connectivity index (χ0n) is 12.9. The SMILES string of the molecule is Cc1ccccc1COC(=O)C(C)(C#N)Cc1ccccc1. The van der Waals surface area contributed by atoms with E-state index in [1.165, 1.54) is 0 Å². The molecule has 0 saturated heterocycles. The second-order valence-electron chi connectivity index (χ2n) is 5.61. The number of hydrogen-bond donors (Lipinski definition) is 0. The van der Waals surface area contributed by atoms with Crippen LogP contribution in [0.3, 0.4) is 0 Å². The van der Waals surface area contributed by atoms with Gasteiger partial charge in [-0.15, -0.1) is 0 Å². The zero-order valence-corrected chi connectivity index (χ0v) is 12.9. The number of aryl methyl sites for hydroxylation is 1. The largest absolute Gasteiger partial charge is 0.460 e. The highest BCUT2D eigenvalue weighted by Crippen LogP contribution is 2.24. The van der Waals surface area contributed by atoms with E-state index in [1.54, 1.807) is 6.92 Å². The summed E-state index contributed by atoms with van der Waals surface area (Å²) in [7, 11) is 0. The summed E-state index contributed by atoms with van der Waals surface area (Å²) in [6.45, 7) is 3.79. The van der Waals surface area contributed by atoms with Crippen LogP contribution in [0.25, 0.3) is 0 Å². The molecule has 3 heteroatoms. The first-order chi connectivity index (χ1) is 10.5. The van der Waals surface area contributed by atoms with E-state index in [0.717, 1.165) is 16.7 Å². The molecule has 0 radical (unpaired) electrons. The summed E-state index contributed by atoms with van der Waals surface area (Å²) in [5, 5.41) is 9.42. The molecule has 3 nitrogen and oxygen atoms in total. The van der Waals surface area contributed by atoms with E-state index in [4.69, 9.17) is 4.74 Å². The highest BCUT2D eigenvalue weighted by atomic mass is 16.5. The van der Waals surface area contributed by atoms with Crippen LogP contribution in [-0.2, 0) is 22.6 Å². The van der Waals surface area contributed by atoms with E-state index in [-0.39, 0.29) is 6.61 Å². The number of esters is 1.